The third kappa shape index (κ3) is 4.14. The highest BCUT2D eigenvalue weighted by molar-refractivity contribution is 5.85. The molecule has 1 amide bonds. The smallest absolute Gasteiger partial charge is 0.239 e. The molecule has 1 atom stereocenters. The molecule has 0 spiro atoms. The van der Waals surface area contributed by atoms with E-state index in [-0.39, 0.29) is 24.4 Å². The number of amides is 1. The van der Waals surface area contributed by atoms with Crippen molar-refractivity contribution in [1.29, 1.82) is 0 Å². The molecule has 0 aromatic carbocycles. The largest absolute Gasteiger partial charge is 0.338 e. The third-order valence-corrected chi connectivity index (χ3v) is 3.84. The van der Waals surface area contributed by atoms with E-state index in [1.54, 1.807) is 6.92 Å². The highest BCUT2D eigenvalue weighted by atomic mass is 35.5. The van der Waals surface area contributed by atoms with Gasteiger partial charge in [-0.1, -0.05) is 19.3 Å². The summed E-state index contributed by atoms with van der Waals surface area (Å²) in [5, 5.41) is 0. The van der Waals surface area contributed by atoms with Crippen LogP contribution in [-0.2, 0) is 4.79 Å². The van der Waals surface area contributed by atoms with Crippen LogP contribution in [0, 0.1) is 5.92 Å². The van der Waals surface area contributed by atoms with E-state index in [0.29, 0.717) is 6.04 Å². The summed E-state index contributed by atoms with van der Waals surface area (Å²) in [5.41, 5.74) is 5.72. The second-order valence-electron chi connectivity index (χ2n) is 5.51. The van der Waals surface area contributed by atoms with Gasteiger partial charge in [-0.2, -0.15) is 0 Å². The number of carbonyl (C=O) groups is 1. The van der Waals surface area contributed by atoms with E-state index in [1.807, 2.05) is 0 Å². The van der Waals surface area contributed by atoms with Gasteiger partial charge in [-0.05, 0) is 38.5 Å². The summed E-state index contributed by atoms with van der Waals surface area (Å²) >= 11 is 0. The van der Waals surface area contributed by atoms with E-state index in [0.717, 1.165) is 12.5 Å². The minimum Gasteiger partial charge on any atom is -0.338 e. The van der Waals surface area contributed by atoms with Gasteiger partial charge in [-0.3, -0.25) is 4.79 Å². The first kappa shape index (κ1) is 14.8. The van der Waals surface area contributed by atoms with Crippen LogP contribution in [0.3, 0.4) is 0 Å². The Labute approximate surface area is 111 Å². The van der Waals surface area contributed by atoms with Crippen molar-refractivity contribution in [1.82, 2.24) is 4.90 Å². The Balaban J connectivity index is 0.00000144. The quantitative estimate of drug-likeness (QED) is 0.843. The molecule has 0 radical (unpaired) electrons. The fourth-order valence-electron chi connectivity index (χ4n) is 2.71. The van der Waals surface area contributed by atoms with E-state index in [4.69, 9.17) is 5.73 Å². The fraction of sp³-hybridized carbons (Fsp3) is 0.923. The molecule has 4 heteroatoms. The van der Waals surface area contributed by atoms with Crippen molar-refractivity contribution in [2.45, 2.75) is 64.0 Å². The fourth-order valence-corrected chi connectivity index (χ4v) is 2.71. The third-order valence-electron chi connectivity index (χ3n) is 3.84. The Bertz CT molecular complexity index is 248. The van der Waals surface area contributed by atoms with Crippen LogP contribution in [0.25, 0.3) is 0 Å². The molecule has 17 heavy (non-hydrogen) atoms. The van der Waals surface area contributed by atoms with E-state index in [2.05, 4.69) is 4.90 Å². The molecule has 0 aromatic heterocycles. The van der Waals surface area contributed by atoms with Crippen molar-refractivity contribution in [2.24, 2.45) is 11.7 Å². The number of hydrogen-bond donors (Lipinski definition) is 1. The zero-order chi connectivity index (χ0) is 11.5. The minimum absolute atomic E-state index is 0. The molecule has 0 aliphatic heterocycles. The van der Waals surface area contributed by atoms with Crippen molar-refractivity contribution < 1.29 is 4.79 Å². The monoisotopic (exact) mass is 260 g/mol. The Morgan fingerprint density at radius 2 is 1.82 bits per heavy atom. The van der Waals surface area contributed by atoms with E-state index in [1.165, 1.54) is 44.9 Å². The molecule has 0 bridgehead atoms. The Kier molecular flexibility index (Phi) is 5.74. The zero-order valence-electron chi connectivity index (χ0n) is 10.7. The maximum atomic E-state index is 12.0. The lowest BCUT2D eigenvalue weighted by Gasteiger charge is -2.31. The number of halogens is 1. The highest BCUT2D eigenvalue weighted by Gasteiger charge is 2.35. The summed E-state index contributed by atoms with van der Waals surface area (Å²) in [6.07, 6.45) is 9.04. The van der Waals surface area contributed by atoms with Crippen molar-refractivity contribution >= 4 is 18.3 Å². The molecule has 0 saturated heterocycles. The van der Waals surface area contributed by atoms with Crippen molar-refractivity contribution in [3.63, 3.8) is 0 Å². The number of nitrogens with zero attached hydrogens (tertiary/aromatic N) is 1. The van der Waals surface area contributed by atoms with Crippen LogP contribution in [0.1, 0.15) is 51.9 Å². The lowest BCUT2D eigenvalue weighted by Crippen LogP contribution is -2.45. The molecule has 100 valence electrons. The second kappa shape index (κ2) is 6.60. The summed E-state index contributed by atoms with van der Waals surface area (Å²) in [4.78, 5) is 14.1. The number of nitrogens with two attached hydrogens (primary N) is 1. The van der Waals surface area contributed by atoms with Crippen molar-refractivity contribution in [2.75, 3.05) is 6.54 Å². The summed E-state index contributed by atoms with van der Waals surface area (Å²) in [6, 6.07) is 0.185. The van der Waals surface area contributed by atoms with Crippen LogP contribution < -0.4 is 5.73 Å². The lowest BCUT2D eigenvalue weighted by molar-refractivity contribution is -0.133. The Hall–Kier alpha value is -0.280. The van der Waals surface area contributed by atoms with Crippen LogP contribution in [0.2, 0.25) is 0 Å². The topological polar surface area (TPSA) is 46.3 Å². The van der Waals surface area contributed by atoms with Crippen molar-refractivity contribution in [3.05, 3.63) is 0 Å². The zero-order valence-corrected chi connectivity index (χ0v) is 11.5. The summed E-state index contributed by atoms with van der Waals surface area (Å²) < 4.78 is 0. The van der Waals surface area contributed by atoms with Gasteiger partial charge in [0.1, 0.15) is 0 Å². The van der Waals surface area contributed by atoms with Gasteiger partial charge in [-0.25, -0.2) is 0 Å². The molecule has 1 unspecified atom stereocenters. The van der Waals surface area contributed by atoms with E-state index < -0.39 is 0 Å². The van der Waals surface area contributed by atoms with Crippen LogP contribution in [-0.4, -0.2) is 29.4 Å². The Morgan fingerprint density at radius 1 is 1.24 bits per heavy atom. The predicted octanol–water partition coefficient (Wildman–Crippen LogP) is 2.33. The van der Waals surface area contributed by atoms with Crippen LogP contribution >= 0.6 is 12.4 Å². The van der Waals surface area contributed by atoms with Gasteiger partial charge in [0.2, 0.25) is 5.91 Å². The normalized spacial score (nSPS) is 22.7. The molecule has 0 aromatic rings. The SMILES string of the molecule is CC(N)C(=O)N(CC1CCCCC1)C1CC1.Cl. The maximum Gasteiger partial charge on any atom is 0.239 e. The van der Waals surface area contributed by atoms with E-state index in [9.17, 15) is 4.79 Å². The van der Waals surface area contributed by atoms with Gasteiger partial charge in [0.05, 0.1) is 6.04 Å². The summed E-state index contributed by atoms with van der Waals surface area (Å²) in [6.45, 7) is 2.77. The highest BCUT2D eigenvalue weighted by Crippen LogP contribution is 2.31. The molecule has 2 rings (SSSR count). The molecule has 0 heterocycles. The molecule has 2 fully saturated rings. The Morgan fingerprint density at radius 3 is 2.29 bits per heavy atom. The average molecular weight is 261 g/mol. The lowest BCUT2D eigenvalue weighted by atomic mass is 9.89. The van der Waals surface area contributed by atoms with Crippen LogP contribution in [0.15, 0.2) is 0 Å². The number of hydrogen-bond acceptors (Lipinski definition) is 2. The summed E-state index contributed by atoms with van der Waals surface area (Å²) in [7, 11) is 0. The minimum atomic E-state index is -0.329. The first-order valence-electron chi connectivity index (χ1n) is 6.74. The first-order valence-corrected chi connectivity index (χ1v) is 6.74. The molecule has 2 aliphatic carbocycles. The molecular weight excluding hydrogens is 236 g/mol. The first-order chi connectivity index (χ1) is 7.68. The van der Waals surface area contributed by atoms with Gasteiger partial charge < -0.3 is 10.6 Å². The molecular formula is C13H25ClN2O. The second-order valence-corrected chi connectivity index (χ2v) is 5.51. The predicted molar refractivity (Wildman–Crippen MR) is 72.2 cm³/mol. The molecule has 2 saturated carbocycles. The molecule has 3 nitrogen and oxygen atoms in total. The number of rotatable bonds is 4. The summed E-state index contributed by atoms with van der Waals surface area (Å²) in [5.74, 6) is 0.894. The number of carbonyl (C=O) groups excluding carboxylic acids is 1. The van der Waals surface area contributed by atoms with E-state index >= 15 is 0 Å². The van der Waals surface area contributed by atoms with Crippen LogP contribution in [0.4, 0.5) is 0 Å². The van der Waals surface area contributed by atoms with Crippen LogP contribution in [0.5, 0.6) is 0 Å². The molecule has 2 aliphatic rings. The maximum absolute atomic E-state index is 12.0. The standard InChI is InChI=1S/C13H24N2O.ClH/c1-10(14)13(16)15(12-7-8-12)9-11-5-3-2-4-6-11;/h10-12H,2-9,14H2,1H3;1H. The van der Waals surface area contributed by atoms with Crippen molar-refractivity contribution in [3.8, 4) is 0 Å². The molecule has 2 N–H and O–H groups in total. The van der Waals surface area contributed by atoms with Gasteiger partial charge in [0.15, 0.2) is 0 Å². The average Bonchev–Trinajstić information content (AvgIpc) is 3.10. The van der Waals surface area contributed by atoms with Gasteiger partial charge >= 0.3 is 0 Å². The van der Waals surface area contributed by atoms with Gasteiger partial charge in [0, 0.05) is 12.6 Å². The van der Waals surface area contributed by atoms with Gasteiger partial charge in [0.25, 0.3) is 0 Å². The van der Waals surface area contributed by atoms with Gasteiger partial charge in [-0.15, -0.1) is 12.4 Å².